The minimum Gasteiger partial charge on any atom is -0.494 e. The first-order chi connectivity index (χ1) is 14.5. The van der Waals surface area contributed by atoms with Gasteiger partial charge < -0.3 is 15.4 Å². The summed E-state index contributed by atoms with van der Waals surface area (Å²) in [7, 11) is -3.10. The first-order valence-corrected chi connectivity index (χ1v) is 12.8. The summed E-state index contributed by atoms with van der Waals surface area (Å²) in [6.07, 6.45) is 4.09. The lowest BCUT2D eigenvalue weighted by Gasteiger charge is -2.32. The molecule has 1 saturated heterocycles. The molecule has 0 aliphatic carbocycles. The maximum Gasteiger partial charge on any atom is 0.214 e. The highest BCUT2D eigenvalue weighted by molar-refractivity contribution is 14.0. The van der Waals surface area contributed by atoms with Crippen molar-refractivity contribution in [3.8, 4) is 5.75 Å². The Balaban J connectivity index is 0.00000480. The SMILES string of the molecule is CCCOc1cccc(CCN=C(NCC)NC2CCN(S(=O)(=O)CCC)CC2)c1.I. The van der Waals surface area contributed by atoms with Crippen LogP contribution in [0.15, 0.2) is 29.3 Å². The summed E-state index contributed by atoms with van der Waals surface area (Å²) in [6, 6.07) is 8.43. The molecule has 0 atom stereocenters. The lowest BCUT2D eigenvalue weighted by Crippen LogP contribution is -2.50. The molecule has 1 aromatic carbocycles. The lowest BCUT2D eigenvalue weighted by atomic mass is 10.1. The van der Waals surface area contributed by atoms with Crippen molar-refractivity contribution in [3.63, 3.8) is 0 Å². The number of guanidine groups is 1. The van der Waals surface area contributed by atoms with Crippen LogP contribution in [-0.2, 0) is 16.4 Å². The molecule has 0 aromatic heterocycles. The van der Waals surface area contributed by atoms with Crippen LogP contribution in [0.1, 0.15) is 52.0 Å². The van der Waals surface area contributed by atoms with Gasteiger partial charge in [-0.3, -0.25) is 4.99 Å². The van der Waals surface area contributed by atoms with Gasteiger partial charge in [-0.2, -0.15) is 0 Å². The minimum atomic E-state index is -3.10. The molecule has 178 valence electrons. The number of aliphatic imine (C=N–C) groups is 1. The van der Waals surface area contributed by atoms with E-state index in [9.17, 15) is 8.42 Å². The fourth-order valence-corrected chi connectivity index (χ4v) is 5.03. The number of piperidine rings is 1. The van der Waals surface area contributed by atoms with Crippen LogP contribution in [0.2, 0.25) is 0 Å². The number of halogens is 1. The Labute approximate surface area is 205 Å². The summed E-state index contributed by atoms with van der Waals surface area (Å²) in [5, 5.41) is 6.78. The van der Waals surface area contributed by atoms with Crippen LogP contribution in [0.5, 0.6) is 5.75 Å². The third-order valence-corrected chi connectivity index (χ3v) is 7.11. The second-order valence-corrected chi connectivity index (χ2v) is 9.73. The standard InChI is InChI=1S/C22H38N4O3S.HI/c1-4-16-29-21-9-7-8-19(18-21)10-13-24-22(23-6-3)25-20-11-14-26(15-12-20)30(27,28)17-5-2;/h7-9,18,20H,4-6,10-17H2,1-3H3,(H2,23,24,25);1H. The molecule has 0 radical (unpaired) electrons. The summed E-state index contributed by atoms with van der Waals surface area (Å²) in [5.41, 5.74) is 1.21. The number of rotatable bonds is 11. The summed E-state index contributed by atoms with van der Waals surface area (Å²) in [6.45, 7) is 9.39. The van der Waals surface area contributed by atoms with Crippen molar-refractivity contribution < 1.29 is 13.2 Å². The predicted molar refractivity (Wildman–Crippen MR) is 139 cm³/mol. The third-order valence-electron chi connectivity index (χ3n) is 5.04. The Hall–Kier alpha value is -1.07. The van der Waals surface area contributed by atoms with E-state index in [0.29, 0.717) is 26.1 Å². The molecule has 7 nitrogen and oxygen atoms in total. The molecule has 0 unspecified atom stereocenters. The van der Waals surface area contributed by atoms with Gasteiger partial charge >= 0.3 is 0 Å². The monoisotopic (exact) mass is 566 g/mol. The number of benzene rings is 1. The van der Waals surface area contributed by atoms with Gasteiger partial charge in [-0.25, -0.2) is 12.7 Å². The fourth-order valence-electron chi connectivity index (χ4n) is 3.49. The van der Waals surface area contributed by atoms with Crippen molar-refractivity contribution in [2.75, 3.05) is 38.5 Å². The summed E-state index contributed by atoms with van der Waals surface area (Å²) >= 11 is 0. The lowest BCUT2D eigenvalue weighted by molar-refractivity contribution is 0.306. The molecular formula is C22H39IN4O3S. The van der Waals surface area contributed by atoms with Crippen molar-refractivity contribution in [1.82, 2.24) is 14.9 Å². The quantitative estimate of drug-likeness (QED) is 0.244. The van der Waals surface area contributed by atoms with E-state index in [0.717, 1.165) is 50.5 Å². The molecule has 0 amide bonds. The number of hydrogen-bond acceptors (Lipinski definition) is 4. The summed E-state index contributed by atoms with van der Waals surface area (Å²) < 4.78 is 31.8. The molecule has 9 heteroatoms. The third kappa shape index (κ3) is 9.95. The molecule has 1 fully saturated rings. The van der Waals surface area contributed by atoms with Gasteiger partial charge in [-0.15, -0.1) is 24.0 Å². The van der Waals surface area contributed by atoms with E-state index in [2.05, 4.69) is 29.7 Å². The van der Waals surface area contributed by atoms with Crippen molar-refractivity contribution in [3.05, 3.63) is 29.8 Å². The van der Waals surface area contributed by atoms with Crippen LogP contribution in [0.3, 0.4) is 0 Å². The Kier molecular flexibility index (Phi) is 13.4. The molecule has 2 N–H and O–H groups in total. The predicted octanol–water partition coefficient (Wildman–Crippen LogP) is 3.40. The molecule has 1 aromatic rings. The van der Waals surface area contributed by atoms with Gasteiger partial charge in [0.1, 0.15) is 5.75 Å². The molecule has 2 rings (SSSR count). The van der Waals surface area contributed by atoms with Gasteiger partial charge in [0.15, 0.2) is 5.96 Å². The normalized spacial score (nSPS) is 15.9. The number of ether oxygens (including phenoxy) is 1. The van der Waals surface area contributed by atoms with Crippen LogP contribution in [0.25, 0.3) is 0 Å². The molecular weight excluding hydrogens is 527 g/mol. The number of nitrogens with one attached hydrogen (secondary N) is 2. The Bertz CT molecular complexity index is 766. The van der Waals surface area contributed by atoms with Crippen molar-refractivity contribution in [1.29, 1.82) is 0 Å². The molecule has 1 aliphatic rings. The van der Waals surface area contributed by atoms with E-state index in [1.807, 2.05) is 26.0 Å². The van der Waals surface area contributed by atoms with Crippen molar-refractivity contribution in [2.24, 2.45) is 4.99 Å². The largest absolute Gasteiger partial charge is 0.494 e. The highest BCUT2D eigenvalue weighted by atomic mass is 127. The molecule has 0 spiro atoms. The maximum absolute atomic E-state index is 12.2. The first kappa shape index (κ1) is 28.0. The fraction of sp³-hybridized carbons (Fsp3) is 0.682. The number of sulfonamides is 1. The zero-order chi connectivity index (χ0) is 21.8. The molecule has 31 heavy (non-hydrogen) atoms. The van der Waals surface area contributed by atoms with Crippen LogP contribution in [0, 0.1) is 0 Å². The van der Waals surface area contributed by atoms with E-state index in [4.69, 9.17) is 9.73 Å². The van der Waals surface area contributed by atoms with Gasteiger partial charge in [0, 0.05) is 32.2 Å². The van der Waals surface area contributed by atoms with Gasteiger partial charge in [-0.1, -0.05) is 26.0 Å². The topological polar surface area (TPSA) is 83.0 Å². The van der Waals surface area contributed by atoms with E-state index < -0.39 is 10.0 Å². The Morgan fingerprint density at radius 1 is 1.19 bits per heavy atom. The highest BCUT2D eigenvalue weighted by Gasteiger charge is 2.27. The van der Waals surface area contributed by atoms with E-state index in [1.165, 1.54) is 5.56 Å². The van der Waals surface area contributed by atoms with Gasteiger partial charge in [0.25, 0.3) is 0 Å². The Morgan fingerprint density at radius 2 is 1.94 bits per heavy atom. The zero-order valence-corrected chi connectivity index (χ0v) is 22.2. The maximum atomic E-state index is 12.2. The molecule has 1 heterocycles. The van der Waals surface area contributed by atoms with Crippen molar-refractivity contribution in [2.45, 2.75) is 58.9 Å². The highest BCUT2D eigenvalue weighted by Crippen LogP contribution is 2.16. The van der Waals surface area contributed by atoms with Gasteiger partial charge in [0.05, 0.1) is 12.4 Å². The summed E-state index contributed by atoms with van der Waals surface area (Å²) in [5.74, 6) is 1.94. The van der Waals surface area contributed by atoms with E-state index >= 15 is 0 Å². The van der Waals surface area contributed by atoms with E-state index in [-0.39, 0.29) is 35.8 Å². The zero-order valence-electron chi connectivity index (χ0n) is 19.1. The van der Waals surface area contributed by atoms with Crippen LogP contribution in [-0.4, -0.2) is 63.3 Å². The average Bonchev–Trinajstić information content (AvgIpc) is 2.73. The Morgan fingerprint density at radius 3 is 2.58 bits per heavy atom. The molecule has 1 aliphatic heterocycles. The molecule has 0 bridgehead atoms. The number of hydrogen-bond donors (Lipinski definition) is 2. The second-order valence-electron chi connectivity index (χ2n) is 7.64. The van der Waals surface area contributed by atoms with Crippen LogP contribution in [0.4, 0.5) is 0 Å². The first-order valence-electron chi connectivity index (χ1n) is 11.2. The number of nitrogens with zero attached hydrogens (tertiary/aromatic N) is 2. The van der Waals surface area contributed by atoms with Crippen molar-refractivity contribution >= 4 is 40.0 Å². The minimum absolute atomic E-state index is 0. The van der Waals surface area contributed by atoms with E-state index in [1.54, 1.807) is 4.31 Å². The van der Waals surface area contributed by atoms with Crippen LogP contribution < -0.4 is 15.4 Å². The van der Waals surface area contributed by atoms with Gasteiger partial charge in [-0.05, 0) is 56.7 Å². The second kappa shape index (κ2) is 14.9. The average molecular weight is 567 g/mol. The smallest absolute Gasteiger partial charge is 0.214 e. The summed E-state index contributed by atoms with van der Waals surface area (Å²) in [4.78, 5) is 4.71. The van der Waals surface area contributed by atoms with Gasteiger partial charge in [0.2, 0.25) is 10.0 Å². The van der Waals surface area contributed by atoms with Crippen LogP contribution >= 0.6 is 24.0 Å². The molecule has 0 saturated carbocycles.